The fourth-order valence-electron chi connectivity index (χ4n) is 2.51. The first kappa shape index (κ1) is 24.2. The lowest BCUT2D eigenvalue weighted by atomic mass is 10.1. The van der Waals surface area contributed by atoms with Gasteiger partial charge in [0.05, 0.1) is 24.7 Å². The monoisotopic (exact) mass is 465 g/mol. The molecule has 2 aromatic carbocycles. The Hall–Kier alpha value is -2.84. The minimum atomic E-state index is -1.51. The summed E-state index contributed by atoms with van der Waals surface area (Å²) >= 11 is 3.50. The number of phenols is 1. The highest BCUT2D eigenvalue weighted by Crippen LogP contribution is 2.31. The Morgan fingerprint density at radius 1 is 1.24 bits per heavy atom. The smallest absolute Gasteiger partial charge is 0.328 e. The molecular formula is C21H24BrNO6. The van der Waals surface area contributed by atoms with Gasteiger partial charge in [0.25, 0.3) is 0 Å². The van der Waals surface area contributed by atoms with Crippen molar-refractivity contribution in [1.29, 1.82) is 0 Å². The molecule has 0 amide bonds. The summed E-state index contributed by atoms with van der Waals surface area (Å²) in [5.74, 6) is -1.88. The first-order chi connectivity index (χ1) is 13.7. The van der Waals surface area contributed by atoms with E-state index in [9.17, 15) is 19.8 Å². The van der Waals surface area contributed by atoms with E-state index in [-0.39, 0.29) is 5.75 Å². The van der Waals surface area contributed by atoms with Crippen LogP contribution in [0.15, 0.2) is 59.1 Å². The van der Waals surface area contributed by atoms with Crippen molar-refractivity contribution < 1.29 is 35.0 Å². The molecule has 0 bridgehead atoms. The second kappa shape index (κ2) is 12.6. The molecular weight excluding hydrogens is 442 g/mol. The zero-order chi connectivity index (χ0) is 21.8. The number of quaternary nitrogens is 1. The lowest BCUT2D eigenvalue weighted by molar-refractivity contribution is -0.701. The van der Waals surface area contributed by atoms with E-state index in [1.54, 1.807) is 19.2 Å². The van der Waals surface area contributed by atoms with Crippen molar-refractivity contribution >= 4 is 27.9 Å². The van der Waals surface area contributed by atoms with Gasteiger partial charge in [-0.3, -0.25) is 0 Å². The van der Waals surface area contributed by atoms with Gasteiger partial charge >= 0.3 is 5.97 Å². The van der Waals surface area contributed by atoms with Crippen LogP contribution in [0.4, 0.5) is 0 Å². The van der Waals surface area contributed by atoms with Gasteiger partial charge in [-0.25, -0.2) is 4.79 Å². The summed E-state index contributed by atoms with van der Waals surface area (Å²) in [6.45, 7) is 3.02. The number of ether oxygens (including phenoxy) is 1. The third-order valence-corrected chi connectivity index (χ3v) is 4.55. The Labute approximate surface area is 177 Å². The summed E-state index contributed by atoms with van der Waals surface area (Å²) in [7, 11) is 1.62. The summed E-state index contributed by atoms with van der Waals surface area (Å²) in [4.78, 5) is 19.0. The fourth-order valence-corrected chi connectivity index (χ4v) is 3.10. The van der Waals surface area contributed by atoms with Gasteiger partial charge in [-0.2, -0.15) is 0 Å². The number of benzene rings is 2. The molecule has 0 saturated heterocycles. The van der Waals surface area contributed by atoms with Crippen LogP contribution >= 0.6 is 15.9 Å². The van der Waals surface area contributed by atoms with Crippen LogP contribution in [0, 0.1) is 0 Å². The molecule has 4 N–H and O–H groups in total. The maximum absolute atomic E-state index is 9.60. The van der Waals surface area contributed by atoms with Crippen LogP contribution in [0.5, 0.6) is 11.5 Å². The van der Waals surface area contributed by atoms with Gasteiger partial charge < -0.3 is 30.2 Å². The largest absolute Gasteiger partial charge is 0.545 e. The Morgan fingerprint density at radius 3 is 2.41 bits per heavy atom. The van der Waals surface area contributed by atoms with Crippen LogP contribution in [-0.4, -0.2) is 35.3 Å². The molecule has 1 unspecified atom stereocenters. The third-order valence-electron chi connectivity index (χ3n) is 3.85. The standard InChI is InChI=1S/C17H20BrNO2.C4H4O4/c1-12(8-13-6-4-3-5-7-13)19-11-15-16(18)9-14(20)10-17(15)21-2;5-3(6)1-2-4(7)8/h3-7,9-10,12,19-20H,8,11H2,1-2H3;1-2H,(H,5,6)(H,7,8)/b;2-1-. The van der Waals surface area contributed by atoms with Crippen molar-refractivity contribution in [2.45, 2.75) is 25.9 Å². The van der Waals surface area contributed by atoms with Crippen molar-refractivity contribution in [2.75, 3.05) is 7.11 Å². The van der Waals surface area contributed by atoms with Crippen LogP contribution in [-0.2, 0) is 22.6 Å². The summed E-state index contributed by atoms with van der Waals surface area (Å²) in [5.41, 5.74) is 2.41. The maximum atomic E-state index is 9.60. The summed E-state index contributed by atoms with van der Waals surface area (Å²) in [6.07, 6.45) is 1.97. The number of phenolic OH excluding ortho intramolecular Hbond substituents is 1. The Kier molecular flexibility index (Phi) is 10.5. The Bertz CT molecular complexity index is 823. The molecule has 0 heterocycles. The average Bonchev–Trinajstić information content (AvgIpc) is 2.66. The molecule has 8 heteroatoms. The van der Waals surface area contributed by atoms with Crippen molar-refractivity contribution in [3.63, 3.8) is 0 Å². The van der Waals surface area contributed by atoms with Crippen molar-refractivity contribution in [2.24, 2.45) is 0 Å². The highest BCUT2D eigenvalue weighted by Gasteiger charge is 2.14. The van der Waals surface area contributed by atoms with Crippen LogP contribution in [0.2, 0.25) is 0 Å². The number of carbonyl (C=O) groups excluding carboxylic acids is 1. The van der Waals surface area contributed by atoms with E-state index in [2.05, 4.69) is 52.4 Å². The molecule has 0 aromatic heterocycles. The predicted octanol–water partition coefficient (Wildman–Crippen LogP) is 1.23. The van der Waals surface area contributed by atoms with E-state index < -0.39 is 11.9 Å². The van der Waals surface area contributed by atoms with Crippen LogP contribution < -0.4 is 15.2 Å². The topological polar surface area (TPSA) is 124 Å². The molecule has 0 spiro atoms. The molecule has 2 rings (SSSR count). The van der Waals surface area contributed by atoms with Gasteiger partial charge in [-0.05, 0) is 24.6 Å². The molecule has 0 saturated carbocycles. The van der Waals surface area contributed by atoms with Crippen LogP contribution in [0.1, 0.15) is 18.1 Å². The summed E-state index contributed by atoms with van der Waals surface area (Å²) < 4.78 is 6.22. The minimum Gasteiger partial charge on any atom is -0.545 e. The lowest BCUT2D eigenvalue weighted by Gasteiger charge is -2.14. The van der Waals surface area contributed by atoms with E-state index in [1.807, 2.05) is 6.07 Å². The van der Waals surface area contributed by atoms with Gasteiger partial charge in [0, 0.05) is 23.0 Å². The Balaban J connectivity index is 0.000000447. The van der Waals surface area contributed by atoms with Crippen LogP contribution in [0.25, 0.3) is 0 Å². The summed E-state index contributed by atoms with van der Waals surface area (Å²) in [5, 5.41) is 29.1. The molecule has 1 atom stereocenters. The maximum Gasteiger partial charge on any atom is 0.328 e. The quantitative estimate of drug-likeness (QED) is 0.503. The van der Waals surface area contributed by atoms with E-state index in [1.165, 1.54) is 5.56 Å². The number of methoxy groups -OCH3 is 1. The molecule has 2 aromatic rings. The average molecular weight is 466 g/mol. The number of aliphatic carboxylic acids is 2. The van der Waals surface area contributed by atoms with E-state index in [4.69, 9.17) is 9.84 Å². The van der Waals surface area contributed by atoms with E-state index in [0.717, 1.165) is 23.0 Å². The van der Waals surface area contributed by atoms with E-state index >= 15 is 0 Å². The van der Waals surface area contributed by atoms with Crippen molar-refractivity contribution in [3.8, 4) is 11.5 Å². The minimum absolute atomic E-state index is 0.208. The van der Waals surface area contributed by atoms with Crippen LogP contribution in [0.3, 0.4) is 0 Å². The number of nitrogens with two attached hydrogens (primary N) is 1. The van der Waals surface area contributed by atoms with Gasteiger partial charge in [-0.15, -0.1) is 0 Å². The molecule has 0 aliphatic rings. The molecule has 156 valence electrons. The second-order valence-corrected chi connectivity index (χ2v) is 7.06. The van der Waals surface area contributed by atoms with Gasteiger partial charge in [0.15, 0.2) is 0 Å². The van der Waals surface area contributed by atoms with Gasteiger partial charge in [-0.1, -0.05) is 46.3 Å². The highest BCUT2D eigenvalue weighted by molar-refractivity contribution is 9.10. The number of carbonyl (C=O) groups is 2. The fraction of sp³-hybridized carbons (Fsp3) is 0.238. The molecule has 7 nitrogen and oxygen atoms in total. The molecule has 0 radical (unpaired) electrons. The highest BCUT2D eigenvalue weighted by atomic mass is 79.9. The summed E-state index contributed by atoms with van der Waals surface area (Å²) in [6, 6.07) is 14.3. The molecule has 0 aliphatic heterocycles. The second-order valence-electron chi connectivity index (χ2n) is 6.21. The lowest BCUT2D eigenvalue weighted by Crippen LogP contribution is -2.88. The molecule has 0 aliphatic carbocycles. The number of hydrogen-bond donors (Lipinski definition) is 3. The predicted molar refractivity (Wildman–Crippen MR) is 109 cm³/mol. The first-order valence-electron chi connectivity index (χ1n) is 8.77. The molecule has 0 fully saturated rings. The zero-order valence-electron chi connectivity index (χ0n) is 16.2. The normalized spacial score (nSPS) is 11.4. The third kappa shape index (κ3) is 9.77. The zero-order valence-corrected chi connectivity index (χ0v) is 17.8. The van der Waals surface area contributed by atoms with E-state index in [0.29, 0.717) is 23.9 Å². The number of carboxylic acid groups (broad SMARTS) is 2. The van der Waals surface area contributed by atoms with Gasteiger partial charge in [0.1, 0.15) is 18.0 Å². The number of hydrogen-bond acceptors (Lipinski definition) is 5. The number of rotatable bonds is 8. The molecule has 29 heavy (non-hydrogen) atoms. The SMILES string of the molecule is COc1cc(O)cc(Br)c1C[NH2+]C(C)Cc1ccccc1.O=C([O-])/C=C\C(=O)O. The number of halogens is 1. The first-order valence-corrected chi connectivity index (χ1v) is 9.56. The van der Waals surface area contributed by atoms with Gasteiger partial charge in [0.2, 0.25) is 0 Å². The number of aromatic hydroxyl groups is 1. The van der Waals surface area contributed by atoms with Crippen molar-refractivity contribution in [1.82, 2.24) is 0 Å². The number of carboxylic acids is 2. The Morgan fingerprint density at radius 2 is 1.90 bits per heavy atom. The van der Waals surface area contributed by atoms with Crippen molar-refractivity contribution in [3.05, 3.63) is 70.2 Å².